The van der Waals surface area contributed by atoms with Crippen molar-refractivity contribution in [1.82, 2.24) is 4.98 Å². The molecule has 17 heavy (non-hydrogen) atoms. The van der Waals surface area contributed by atoms with Crippen LogP contribution in [0.4, 0.5) is 5.69 Å². The molecular formula is C14H23N3. The summed E-state index contributed by atoms with van der Waals surface area (Å²) < 4.78 is 0. The monoisotopic (exact) mass is 233 g/mol. The number of nitrogens with two attached hydrogens (primary N) is 1. The molecule has 0 amide bonds. The van der Waals surface area contributed by atoms with Crippen molar-refractivity contribution in [3.8, 4) is 0 Å². The summed E-state index contributed by atoms with van der Waals surface area (Å²) in [5.41, 5.74) is 8.19. The Hall–Kier alpha value is -1.09. The van der Waals surface area contributed by atoms with Gasteiger partial charge in [0.15, 0.2) is 0 Å². The number of rotatable bonds is 3. The van der Waals surface area contributed by atoms with Crippen molar-refractivity contribution in [2.24, 2.45) is 17.6 Å². The Morgan fingerprint density at radius 1 is 1.35 bits per heavy atom. The average molecular weight is 233 g/mol. The molecule has 0 aromatic carbocycles. The predicted molar refractivity (Wildman–Crippen MR) is 72.0 cm³/mol. The molecule has 3 unspecified atom stereocenters. The van der Waals surface area contributed by atoms with Crippen molar-refractivity contribution < 1.29 is 0 Å². The van der Waals surface area contributed by atoms with E-state index < -0.39 is 0 Å². The van der Waals surface area contributed by atoms with Crippen LogP contribution in [0.3, 0.4) is 0 Å². The molecule has 1 aliphatic rings. The second kappa shape index (κ2) is 5.05. The van der Waals surface area contributed by atoms with E-state index in [-0.39, 0.29) is 6.04 Å². The Morgan fingerprint density at radius 2 is 2.00 bits per heavy atom. The Labute approximate surface area is 104 Å². The Morgan fingerprint density at radius 3 is 2.47 bits per heavy atom. The number of anilines is 1. The number of hydrogen-bond donors (Lipinski definition) is 1. The molecule has 1 saturated heterocycles. The van der Waals surface area contributed by atoms with Crippen molar-refractivity contribution in [2.75, 3.05) is 18.0 Å². The molecule has 1 aromatic heterocycles. The summed E-state index contributed by atoms with van der Waals surface area (Å²) in [5.74, 6) is 1.54. The first kappa shape index (κ1) is 12.4. The number of nitrogens with zero attached hydrogens (tertiary/aromatic N) is 2. The highest BCUT2D eigenvalue weighted by atomic mass is 15.2. The van der Waals surface area contributed by atoms with Crippen LogP contribution in [0, 0.1) is 11.8 Å². The van der Waals surface area contributed by atoms with Crippen LogP contribution in [0.1, 0.15) is 38.9 Å². The van der Waals surface area contributed by atoms with Gasteiger partial charge >= 0.3 is 0 Å². The zero-order valence-electron chi connectivity index (χ0n) is 11.1. The Bertz CT molecular complexity index is 350. The molecule has 0 aliphatic carbocycles. The van der Waals surface area contributed by atoms with E-state index in [4.69, 9.17) is 5.73 Å². The van der Waals surface area contributed by atoms with E-state index in [9.17, 15) is 0 Å². The van der Waals surface area contributed by atoms with Gasteiger partial charge in [0.1, 0.15) is 0 Å². The Balaban J connectivity index is 2.08. The molecule has 0 radical (unpaired) electrons. The van der Waals surface area contributed by atoms with E-state index in [0.29, 0.717) is 0 Å². The summed E-state index contributed by atoms with van der Waals surface area (Å²) in [6, 6.07) is 4.29. The summed E-state index contributed by atoms with van der Waals surface area (Å²) in [6.45, 7) is 9.01. The SMILES string of the molecule is CCC(N)c1ccc(N2CC(C)C(C)C2)cn1. The van der Waals surface area contributed by atoms with Gasteiger partial charge in [0, 0.05) is 19.1 Å². The van der Waals surface area contributed by atoms with Crippen LogP contribution in [0.15, 0.2) is 18.3 Å². The fourth-order valence-corrected chi connectivity index (χ4v) is 2.35. The fourth-order valence-electron chi connectivity index (χ4n) is 2.35. The maximum absolute atomic E-state index is 5.97. The van der Waals surface area contributed by atoms with Crippen LogP contribution in [-0.2, 0) is 0 Å². The molecule has 2 N–H and O–H groups in total. The third-order valence-corrected chi connectivity index (χ3v) is 3.94. The fraction of sp³-hybridized carbons (Fsp3) is 0.643. The first-order valence-corrected chi connectivity index (χ1v) is 6.58. The van der Waals surface area contributed by atoms with Gasteiger partial charge in [0.05, 0.1) is 17.6 Å². The molecule has 0 spiro atoms. The minimum atomic E-state index is 0.0699. The predicted octanol–water partition coefficient (Wildman–Crippen LogP) is 2.58. The van der Waals surface area contributed by atoms with Crippen molar-refractivity contribution in [3.05, 3.63) is 24.0 Å². The molecule has 3 heteroatoms. The molecule has 3 nitrogen and oxygen atoms in total. The van der Waals surface area contributed by atoms with E-state index >= 15 is 0 Å². The second-order valence-corrected chi connectivity index (χ2v) is 5.32. The minimum absolute atomic E-state index is 0.0699. The number of aromatic nitrogens is 1. The van der Waals surface area contributed by atoms with Gasteiger partial charge in [-0.25, -0.2) is 0 Å². The minimum Gasteiger partial charge on any atom is -0.370 e. The quantitative estimate of drug-likeness (QED) is 0.872. The van der Waals surface area contributed by atoms with Crippen molar-refractivity contribution in [2.45, 2.75) is 33.2 Å². The third kappa shape index (κ3) is 2.60. The van der Waals surface area contributed by atoms with Crippen LogP contribution in [0.5, 0.6) is 0 Å². The van der Waals surface area contributed by atoms with Gasteiger partial charge < -0.3 is 10.6 Å². The molecular weight excluding hydrogens is 210 g/mol. The van der Waals surface area contributed by atoms with Gasteiger partial charge in [-0.2, -0.15) is 0 Å². The lowest BCUT2D eigenvalue weighted by atomic mass is 10.0. The van der Waals surface area contributed by atoms with E-state index in [0.717, 1.165) is 37.0 Å². The largest absolute Gasteiger partial charge is 0.370 e. The van der Waals surface area contributed by atoms with Crippen molar-refractivity contribution in [1.29, 1.82) is 0 Å². The maximum Gasteiger partial charge on any atom is 0.0572 e. The number of pyridine rings is 1. The normalized spacial score (nSPS) is 26.2. The van der Waals surface area contributed by atoms with E-state index in [1.807, 2.05) is 6.20 Å². The van der Waals surface area contributed by atoms with Crippen LogP contribution in [0.25, 0.3) is 0 Å². The number of hydrogen-bond acceptors (Lipinski definition) is 3. The van der Waals surface area contributed by atoms with Crippen molar-refractivity contribution >= 4 is 5.69 Å². The lowest BCUT2D eigenvalue weighted by Gasteiger charge is -2.18. The topological polar surface area (TPSA) is 42.1 Å². The zero-order valence-corrected chi connectivity index (χ0v) is 11.1. The summed E-state index contributed by atoms with van der Waals surface area (Å²) >= 11 is 0. The van der Waals surface area contributed by atoms with Crippen LogP contribution in [0.2, 0.25) is 0 Å². The van der Waals surface area contributed by atoms with E-state index in [1.54, 1.807) is 0 Å². The maximum atomic E-state index is 5.97. The molecule has 94 valence electrons. The van der Waals surface area contributed by atoms with Crippen LogP contribution >= 0.6 is 0 Å². The molecule has 2 heterocycles. The summed E-state index contributed by atoms with van der Waals surface area (Å²) in [6.07, 6.45) is 2.90. The molecule has 1 fully saturated rings. The first-order chi connectivity index (χ1) is 8.11. The zero-order chi connectivity index (χ0) is 12.4. The highest BCUT2D eigenvalue weighted by Crippen LogP contribution is 2.27. The van der Waals surface area contributed by atoms with Crippen LogP contribution < -0.4 is 10.6 Å². The van der Waals surface area contributed by atoms with Gasteiger partial charge in [-0.1, -0.05) is 20.8 Å². The lowest BCUT2D eigenvalue weighted by Crippen LogP contribution is -2.20. The lowest BCUT2D eigenvalue weighted by molar-refractivity contribution is 0.494. The second-order valence-electron chi connectivity index (χ2n) is 5.32. The van der Waals surface area contributed by atoms with E-state index in [1.165, 1.54) is 5.69 Å². The third-order valence-electron chi connectivity index (χ3n) is 3.94. The first-order valence-electron chi connectivity index (χ1n) is 6.58. The van der Waals surface area contributed by atoms with Gasteiger partial charge in [-0.05, 0) is 30.4 Å². The summed E-state index contributed by atoms with van der Waals surface area (Å²) in [7, 11) is 0. The van der Waals surface area contributed by atoms with Gasteiger partial charge in [-0.3, -0.25) is 4.98 Å². The Kier molecular flexibility index (Phi) is 3.67. The molecule has 2 rings (SSSR count). The van der Waals surface area contributed by atoms with Crippen molar-refractivity contribution in [3.63, 3.8) is 0 Å². The van der Waals surface area contributed by atoms with Gasteiger partial charge in [-0.15, -0.1) is 0 Å². The summed E-state index contributed by atoms with van der Waals surface area (Å²) in [5, 5.41) is 0. The van der Waals surface area contributed by atoms with Gasteiger partial charge in [0.25, 0.3) is 0 Å². The van der Waals surface area contributed by atoms with Crippen LogP contribution in [-0.4, -0.2) is 18.1 Å². The molecule has 1 aromatic rings. The van der Waals surface area contributed by atoms with Gasteiger partial charge in [0.2, 0.25) is 0 Å². The average Bonchev–Trinajstić information content (AvgIpc) is 2.69. The summed E-state index contributed by atoms with van der Waals surface area (Å²) in [4.78, 5) is 6.90. The standard InChI is InChI=1S/C14H23N3/c1-4-13(15)14-6-5-12(7-16-14)17-8-10(2)11(3)9-17/h5-7,10-11,13H,4,8-9,15H2,1-3H3. The van der Waals surface area contributed by atoms with E-state index in [2.05, 4.69) is 42.8 Å². The molecule has 0 saturated carbocycles. The molecule has 3 atom stereocenters. The molecule has 0 bridgehead atoms. The highest BCUT2D eigenvalue weighted by Gasteiger charge is 2.26. The molecule has 1 aliphatic heterocycles. The highest BCUT2D eigenvalue weighted by molar-refractivity contribution is 5.46. The smallest absolute Gasteiger partial charge is 0.0572 e.